The molecule has 1 aliphatic rings. The van der Waals surface area contributed by atoms with Gasteiger partial charge in [-0.2, -0.15) is 10.5 Å². The van der Waals surface area contributed by atoms with Gasteiger partial charge in [-0.3, -0.25) is 14.9 Å². The molecule has 240 valence electrons. The van der Waals surface area contributed by atoms with Crippen LogP contribution in [0.3, 0.4) is 0 Å². The fourth-order valence-corrected chi connectivity index (χ4v) is 5.46. The van der Waals surface area contributed by atoms with E-state index in [1.807, 2.05) is 30.3 Å². The second kappa shape index (κ2) is 15.7. The predicted molar refractivity (Wildman–Crippen MR) is 178 cm³/mol. The smallest absolute Gasteiger partial charge is 0.267 e. The Morgan fingerprint density at radius 3 is 2.38 bits per heavy atom. The van der Waals surface area contributed by atoms with Crippen molar-refractivity contribution in [2.45, 2.75) is 6.42 Å². The highest BCUT2D eigenvalue weighted by Gasteiger charge is 2.25. The summed E-state index contributed by atoms with van der Waals surface area (Å²) in [5, 5.41) is 38.8. The number of rotatable bonds is 9. The van der Waals surface area contributed by atoms with Gasteiger partial charge < -0.3 is 14.7 Å². The molecule has 0 unspecified atom stereocenters. The number of ether oxygens (including phenoxy) is 1. The van der Waals surface area contributed by atoms with Gasteiger partial charge in [0.2, 0.25) is 0 Å². The molecule has 3 aromatic carbocycles. The first-order valence-corrected chi connectivity index (χ1v) is 14.5. The summed E-state index contributed by atoms with van der Waals surface area (Å²) in [7, 11) is 1.45. The summed E-state index contributed by atoms with van der Waals surface area (Å²) in [5.41, 5.74) is 5.70. The zero-order valence-corrected chi connectivity index (χ0v) is 26.3. The molecule has 0 bridgehead atoms. The summed E-state index contributed by atoms with van der Waals surface area (Å²) in [5.74, 6) is -0.596. The Balaban J connectivity index is 0.00000500. The summed E-state index contributed by atoms with van der Waals surface area (Å²) in [4.78, 5) is 20.3. The van der Waals surface area contributed by atoms with E-state index < -0.39 is 11.7 Å². The van der Waals surface area contributed by atoms with E-state index in [-0.39, 0.29) is 35.0 Å². The molecule has 10 nitrogen and oxygen atoms in total. The highest BCUT2D eigenvalue weighted by Crippen LogP contribution is 2.41. The largest absolute Gasteiger partial charge is 0.504 e. The Morgan fingerprint density at radius 1 is 1.04 bits per heavy atom. The minimum absolute atomic E-state index is 0. The van der Waals surface area contributed by atoms with E-state index in [1.54, 1.807) is 36.0 Å². The number of amides is 1. The van der Waals surface area contributed by atoms with Crippen LogP contribution in [0.25, 0.3) is 28.3 Å². The van der Waals surface area contributed by atoms with Crippen LogP contribution in [0.15, 0.2) is 72.9 Å². The molecule has 5 rings (SSSR count). The highest BCUT2D eigenvalue weighted by molar-refractivity contribution is 5.91. The fraction of sp³-hybridized carbons (Fsp3) is 0.200. The van der Waals surface area contributed by atoms with Crippen LogP contribution in [-0.4, -0.2) is 65.9 Å². The Hall–Kier alpha value is -5.46. The third-order valence-electron chi connectivity index (χ3n) is 7.94. The third-order valence-corrected chi connectivity index (χ3v) is 7.94. The summed E-state index contributed by atoms with van der Waals surface area (Å²) in [6.45, 7) is 3.59. The van der Waals surface area contributed by atoms with Crippen molar-refractivity contribution in [3.8, 4) is 45.9 Å². The average molecular weight is 655 g/mol. The first-order valence-electron chi connectivity index (χ1n) is 14.5. The van der Waals surface area contributed by atoms with E-state index in [1.165, 1.54) is 31.4 Å². The molecular formula is C35H32ClFN6O4. The quantitative estimate of drug-likeness (QED) is 0.124. The normalized spacial score (nSPS) is 13.0. The molecule has 3 N–H and O–H groups in total. The Kier molecular flexibility index (Phi) is 11.5. The number of halogens is 2. The lowest BCUT2D eigenvalue weighted by Crippen LogP contribution is -2.47. The van der Waals surface area contributed by atoms with Crippen molar-refractivity contribution < 1.29 is 24.2 Å². The summed E-state index contributed by atoms with van der Waals surface area (Å²) in [6, 6.07) is 21.1. The van der Waals surface area contributed by atoms with Crippen molar-refractivity contribution in [1.82, 2.24) is 15.4 Å². The number of hydroxylamine groups is 1. The van der Waals surface area contributed by atoms with Gasteiger partial charge in [-0.15, -0.1) is 12.4 Å². The Labute approximate surface area is 277 Å². The summed E-state index contributed by atoms with van der Waals surface area (Å²) >= 11 is 0. The van der Waals surface area contributed by atoms with Crippen molar-refractivity contribution >= 4 is 30.2 Å². The van der Waals surface area contributed by atoms with Crippen molar-refractivity contribution in [3.63, 3.8) is 0 Å². The monoisotopic (exact) mass is 654 g/mol. The Bertz CT molecular complexity index is 1860. The van der Waals surface area contributed by atoms with Gasteiger partial charge in [-0.25, -0.2) is 14.9 Å². The second-order valence-corrected chi connectivity index (χ2v) is 10.7. The van der Waals surface area contributed by atoms with Crippen molar-refractivity contribution in [2.24, 2.45) is 0 Å². The number of anilines is 1. The number of phenols is 1. The van der Waals surface area contributed by atoms with Gasteiger partial charge in [-0.1, -0.05) is 36.4 Å². The van der Waals surface area contributed by atoms with E-state index >= 15 is 0 Å². The van der Waals surface area contributed by atoms with E-state index in [9.17, 15) is 24.8 Å². The standard InChI is InChI=1S/C35H31FN6O4.ClH/c1-46-32-10-9-25(19-31(32)43)29-22-39-35(28(21-38)34(29)26-7-8-27(20-37)30(36)18-26)42-16-14-41(15-17-42)13-12-24-4-2-23(3-5-24)6-11-33(44)40-45;/h2-11,18-19,22,43,45H,12-17H2,1H3,(H,40,44);1H/b11-6+;. The zero-order valence-electron chi connectivity index (χ0n) is 25.5. The van der Waals surface area contributed by atoms with E-state index in [2.05, 4.69) is 15.9 Å². The number of methoxy groups -OCH3 is 1. The number of carbonyl (C=O) groups excluding carboxylic acids is 1. The van der Waals surface area contributed by atoms with Crippen LogP contribution in [-0.2, 0) is 11.2 Å². The molecule has 1 amide bonds. The number of piperazine rings is 1. The summed E-state index contributed by atoms with van der Waals surface area (Å²) < 4.78 is 20.0. The molecule has 0 aliphatic carbocycles. The summed E-state index contributed by atoms with van der Waals surface area (Å²) in [6.07, 6.45) is 5.34. The number of hydrogen-bond donors (Lipinski definition) is 3. The molecule has 1 saturated heterocycles. The number of aromatic nitrogens is 1. The molecule has 0 atom stereocenters. The van der Waals surface area contributed by atoms with Gasteiger partial charge >= 0.3 is 0 Å². The number of phenolic OH excluding ortho intramolecular Hbond substituents is 1. The van der Waals surface area contributed by atoms with Crippen LogP contribution in [0.1, 0.15) is 22.3 Å². The number of nitrogens with one attached hydrogen (secondary N) is 1. The van der Waals surface area contributed by atoms with Crippen LogP contribution < -0.4 is 15.1 Å². The lowest BCUT2D eigenvalue weighted by molar-refractivity contribution is -0.124. The minimum Gasteiger partial charge on any atom is -0.504 e. The van der Waals surface area contributed by atoms with Gasteiger partial charge in [0, 0.05) is 56.1 Å². The van der Waals surface area contributed by atoms with E-state index in [4.69, 9.17) is 14.9 Å². The van der Waals surface area contributed by atoms with Gasteiger partial charge in [0.15, 0.2) is 11.5 Å². The van der Waals surface area contributed by atoms with Crippen molar-refractivity contribution in [1.29, 1.82) is 10.5 Å². The number of hydrogen-bond acceptors (Lipinski definition) is 9. The van der Waals surface area contributed by atoms with E-state index in [0.717, 1.165) is 37.2 Å². The van der Waals surface area contributed by atoms with E-state index in [0.29, 0.717) is 41.2 Å². The fourth-order valence-electron chi connectivity index (χ4n) is 5.46. The first kappa shape index (κ1) is 34.4. The molecule has 0 spiro atoms. The molecular weight excluding hydrogens is 623 g/mol. The average Bonchev–Trinajstić information content (AvgIpc) is 3.09. The maximum Gasteiger partial charge on any atom is 0.267 e. The van der Waals surface area contributed by atoms with Gasteiger partial charge in [-0.05, 0) is 59.0 Å². The lowest BCUT2D eigenvalue weighted by atomic mass is 9.91. The second-order valence-electron chi connectivity index (χ2n) is 10.7. The van der Waals surface area contributed by atoms with Crippen LogP contribution in [0.4, 0.5) is 10.2 Å². The first-order chi connectivity index (χ1) is 22.3. The lowest BCUT2D eigenvalue weighted by Gasteiger charge is -2.36. The number of benzene rings is 3. The van der Waals surface area contributed by atoms with Crippen LogP contribution in [0.2, 0.25) is 0 Å². The molecule has 1 aliphatic heterocycles. The molecule has 2 heterocycles. The molecule has 0 radical (unpaired) electrons. The van der Waals surface area contributed by atoms with Crippen LogP contribution in [0.5, 0.6) is 11.5 Å². The number of carbonyl (C=O) groups is 1. The molecule has 1 fully saturated rings. The maximum atomic E-state index is 14.8. The molecule has 12 heteroatoms. The molecule has 4 aromatic rings. The zero-order chi connectivity index (χ0) is 32.6. The van der Waals surface area contributed by atoms with Gasteiger partial charge in [0.1, 0.15) is 29.3 Å². The Morgan fingerprint density at radius 2 is 1.77 bits per heavy atom. The SMILES string of the molecule is COc1ccc(-c2cnc(N3CCN(CCc4ccc(/C=C/C(=O)NO)cc4)CC3)c(C#N)c2-c2ccc(C#N)c(F)c2)cc1O.Cl. The van der Waals surface area contributed by atoms with Crippen molar-refractivity contribution in [3.05, 3.63) is 101 Å². The topological polar surface area (TPSA) is 146 Å². The van der Waals surface area contributed by atoms with Crippen LogP contribution in [0, 0.1) is 28.5 Å². The predicted octanol–water partition coefficient (Wildman–Crippen LogP) is 5.32. The molecule has 0 saturated carbocycles. The van der Waals surface area contributed by atoms with Gasteiger partial charge in [0.25, 0.3) is 5.91 Å². The van der Waals surface area contributed by atoms with Crippen LogP contribution >= 0.6 is 12.4 Å². The number of nitrogens with zero attached hydrogens (tertiary/aromatic N) is 5. The minimum atomic E-state index is -0.695. The van der Waals surface area contributed by atoms with Gasteiger partial charge in [0.05, 0.1) is 12.7 Å². The molecule has 1 aromatic heterocycles. The number of nitriles is 2. The van der Waals surface area contributed by atoms with Crippen molar-refractivity contribution in [2.75, 3.05) is 44.7 Å². The number of pyridine rings is 1. The third kappa shape index (κ3) is 7.86. The molecule has 47 heavy (non-hydrogen) atoms. The highest BCUT2D eigenvalue weighted by atomic mass is 35.5. The number of aromatic hydroxyl groups is 1. The maximum absolute atomic E-state index is 14.8.